The first-order valence-corrected chi connectivity index (χ1v) is 21.5. The van der Waals surface area contributed by atoms with Gasteiger partial charge < -0.3 is 30.4 Å². The zero-order chi connectivity index (χ0) is 43.4. The second-order valence-electron chi connectivity index (χ2n) is 17.4. The van der Waals surface area contributed by atoms with Crippen molar-refractivity contribution in [2.45, 2.75) is 104 Å². The SMILES string of the molecule is C=C1CCC(N2Cc3cc(CCc4nc5cc(C)c(C)cc5[nH]4)ccc3C2=O)C(=O)N1.C=C1CCC(N2Cc3cc(CCc4nc5cc(C)c(C)cc5[nH]4)ccc3C2=O)C(=O)N1. The van der Waals surface area contributed by atoms with Crippen LogP contribution in [-0.2, 0) is 48.4 Å². The molecule has 10 rings (SSSR count). The monoisotopic (exact) mass is 828 g/mol. The maximum absolute atomic E-state index is 12.9. The van der Waals surface area contributed by atoms with Gasteiger partial charge in [-0.1, -0.05) is 37.4 Å². The summed E-state index contributed by atoms with van der Waals surface area (Å²) >= 11 is 0. The van der Waals surface area contributed by atoms with Crippen molar-refractivity contribution >= 4 is 45.7 Å². The van der Waals surface area contributed by atoms with E-state index in [2.05, 4.69) is 97.9 Å². The average Bonchev–Trinajstić information content (AvgIpc) is 3.99. The van der Waals surface area contributed by atoms with Crippen LogP contribution in [0.5, 0.6) is 0 Å². The number of amides is 4. The maximum atomic E-state index is 12.9. The Bertz CT molecular complexity index is 2600. The molecule has 2 saturated heterocycles. The lowest BCUT2D eigenvalue weighted by Crippen LogP contribution is -2.49. The zero-order valence-electron chi connectivity index (χ0n) is 35.8. The molecule has 4 aliphatic rings. The van der Waals surface area contributed by atoms with E-state index >= 15 is 0 Å². The van der Waals surface area contributed by atoms with Gasteiger partial charge in [-0.3, -0.25) is 19.2 Å². The summed E-state index contributed by atoms with van der Waals surface area (Å²) in [6, 6.07) is 19.7. The molecule has 4 aliphatic heterocycles. The highest BCUT2D eigenvalue weighted by molar-refractivity contribution is 6.02. The quantitative estimate of drug-likeness (QED) is 0.125. The molecular formula is C50H52N8O4. The van der Waals surface area contributed by atoms with Crippen LogP contribution in [-0.4, -0.2) is 65.4 Å². The highest BCUT2D eigenvalue weighted by Crippen LogP contribution is 2.31. The number of imidazole rings is 2. The van der Waals surface area contributed by atoms with Gasteiger partial charge in [0.15, 0.2) is 0 Å². The molecule has 0 bridgehead atoms. The van der Waals surface area contributed by atoms with E-state index in [4.69, 9.17) is 9.97 Å². The number of piperidine rings is 2. The number of aromatic amines is 2. The van der Waals surface area contributed by atoms with Crippen LogP contribution in [0.15, 0.2) is 85.2 Å². The van der Waals surface area contributed by atoms with E-state index in [0.717, 1.165) is 81.9 Å². The number of nitrogens with zero attached hydrogens (tertiary/aromatic N) is 4. The van der Waals surface area contributed by atoms with Crippen LogP contribution in [0.2, 0.25) is 0 Å². The summed E-state index contributed by atoms with van der Waals surface area (Å²) in [4.78, 5) is 70.2. The van der Waals surface area contributed by atoms with Gasteiger partial charge >= 0.3 is 0 Å². The molecule has 0 aliphatic carbocycles. The summed E-state index contributed by atoms with van der Waals surface area (Å²) in [5.74, 6) is 1.56. The van der Waals surface area contributed by atoms with Crippen molar-refractivity contribution in [3.8, 4) is 0 Å². The molecule has 0 radical (unpaired) electrons. The predicted molar refractivity (Wildman–Crippen MR) is 239 cm³/mol. The molecule has 2 fully saturated rings. The number of aryl methyl sites for hydroxylation is 8. The lowest BCUT2D eigenvalue weighted by Gasteiger charge is -2.30. The third-order valence-corrected chi connectivity index (χ3v) is 13.0. The zero-order valence-corrected chi connectivity index (χ0v) is 35.8. The Kier molecular flexibility index (Phi) is 10.6. The summed E-state index contributed by atoms with van der Waals surface area (Å²) in [6.45, 7) is 17.0. The number of hydrogen-bond acceptors (Lipinski definition) is 6. The topological polar surface area (TPSA) is 156 Å². The minimum Gasteiger partial charge on any atom is -0.342 e. The Morgan fingerprint density at radius 3 is 1.37 bits per heavy atom. The average molecular weight is 829 g/mol. The van der Waals surface area contributed by atoms with Crippen LogP contribution in [0.3, 0.4) is 0 Å². The van der Waals surface area contributed by atoms with Crippen molar-refractivity contribution in [2.24, 2.45) is 0 Å². The Morgan fingerprint density at radius 2 is 0.968 bits per heavy atom. The molecule has 0 saturated carbocycles. The number of fused-ring (bicyclic) bond motifs is 4. The summed E-state index contributed by atoms with van der Waals surface area (Å²) in [5.41, 5.74) is 16.3. The van der Waals surface area contributed by atoms with E-state index in [1.54, 1.807) is 9.80 Å². The molecule has 6 heterocycles. The molecule has 12 heteroatoms. The van der Waals surface area contributed by atoms with Crippen LogP contribution >= 0.6 is 0 Å². The fraction of sp³-hybridized carbons (Fsp3) is 0.320. The van der Waals surface area contributed by atoms with Crippen molar-refractivity contribution in [1.82, 2.24) is 40.4 Å². The van der Waals surface area contributed by atoms with Crippen molar-refractivity contribution in [1.29, 1.82) is 0 Å². The highest BCUT2D eigenvalue weighted by Gasteiger charge is 2.39. The Labute approximate surface area is 360 Å². The van der Waals surface area contributed by atoms with Crippen molar-refractivity contribution < 1.29 is 19.2 Å². The number of nitrogens with one attached hydrogen (secondary N) is 4. The van der Waals surface area contributed by atoms with Gasteiger partial charge in [0.05, 0.1) is 22.1 Å². The smallest absolute Gasteiger partial charge is 0.255 e. The van der Waals surface area contributed by atoms with E-state index in [1.165, 1.54) is 33.4 Å². The number of rotatable bonds is 8. The molecule has 4 aromatic carbocycles. The number of H-pyrrole nitrogens is 2. The van der Waals surface area contributed by atoms with E-state index in [0.29, 0.717) is 49.9 Å². The van der Waals surface area contributed by atoms with Gasteiger partial charge in [-0.25, -0.2) is 9.97 Å². The lowest BCUT2D eigenvalue weighted by molar-refractivity contribution is -0.127. The third kappa shape index (κ3) is 7.92. The molecular weight excluding hydrogens is 777 g/mol. The molecule has 62 heavy (non-hydrogen) atoms. The van der Waals surface area contributed by atoms with Crippen LogP contribution in [0.25, 0.3) is 22.1 Å². The van der Waals surface area contributed by atoms with Gasteiger partial charge in [-0.15, -0.1) is 0 Å². The Hall–Kier alpha value is -6.82. The number of allylic oxidation sites excluding steroid dienone is 2. The van der Waals surface area contributed by atoms with E-state index < -0.39 is 12.1 Å². The largest absolute Gasteiger partial charge is 0.342 e. The molecule has 12 nitrogen and oxygen atoms in total. The normalized spacial score (nSPS) is 18.6. The second-order valence-corrected chi connectivity index (χ2v) is 17.4. The number of carbonyl (C=O) groups excluding carboxylic acids is 4. The van der Waals surface area contributed by atoms with Crippen LogP contribution in [0.4, 0.5) is 0 Å². The molecule has 4 N–H and O–H groups in total. The first-order chi connectivity index (χ1) is 29.8. The Morgan fingerprint density at radius 1 is 0.565 bits per heavy atom. The molecule has 2 aromatic heterocycles. The van der Waals surface area contributed by atoms with Crippen molar-refractivity contribution in [2.75, 3.05) is 0 Å². The third-order valence-electron chi connectivity index (χ3n) is 13.0. The predicted octanol–water partition coefficient (Wildman–Crippen LogP) is 7.43. The summed E-state index contributed by atoms with van der Waals surface area (Å²) in [7, 11) is 0. The van der Waals surface area contributed by atoms with Crippen LogP contribution < -0.4 is 10.6 Å². The number of aromatic nitrogens is 4. The summed E-state index contributed by atoms with van der Waals surface area (Å²) in [5, 5.41) is 5.57. The van der Waals surface area contributed by atoms with Gasteiger partial charge in [-0.2, -0.15) is 0 Å². The van der Waals surface area contributed by atoms with Gasteiger partial charge in [0.1, 0.15) is 23.7 Å². The van der Waals surface area contributed by atoms with Crippen LogP contribution in [0.1, 0.15) is 103 Å². The minimum atomic E-state index is -0.420. The fourth-order valence-electron chi connectivity index (χ4n) is 9.13. The molecule has 0 spiro atoms. The first kappa shape index (κ1) is 40.6. The van der Waals surface area contributed by atoms with Gasteiger partial charge in [0.2, 0.25) is 11.8 Å². The van der Waals surface area contributed by atoms with E-state index in [9.17, 15) is 19.2 Å². The van der Waals surface area contributed by atoms with E-state index in [1.807, 2.05) is 24.3 Å². The molecule has 2 atom stereocenters. The number of hydrogen-bond donors (Lipinski definition) is 4. The van der Waals surface area contributed by atoms with Gasteiger partial charge in [0.25, 0.3) is 11.8 Å². The van der Waals surface area contributed by atoms with Crippen molar-refractivity contribution in [3.63, 3.8) is 0 Å². The van der Waals surface area contributed by atoms with Crippen LogP contribution in [0, 0.1) is 27.7 Å². The fourth-order valence-corrected chi connectivity index (χ4v) is 9.13. The molecule has 4 amide bonds. The molecule has 6 aromatic rings. The second kappa shape index (κ2) is 16.2. The van der Waals surface area contributed by atoms with Crippen molar-refractivity contribution in [3.05, 3.63) is 152 Å². The standard InChI is InChI=1S/2C25H26N4O2/c2*1-14-10-20-21(11-15(14)2)28-23(27-20)9-6-17-5-7-19-18(12-17)13-29(25(19)31)22-8-4-16(3)26-24(22)30/h2*5,7,10-12,22H,3-4,6,8-9,13H2,1-2H3,(H,26,30)(H,27,28). The van der Waals surface area contributed by atoms with Gasteiger partial charge in [0, 0.05) is 48.5 Å². The first-order valence-electron chi connectivity index (χ1n) is 21.5. The molecule has 2 unspecified atom stereocenters. The maximum Gasteiger partial charge on any atom is 0.255 e. The lowest BCUT2D eigenvalue weighted by atomic mass is 10.0. The summed E-state index contributed by atoms with van der Waals surface area (Å²) < 4.78 is 0. The number of benzene rings is 4. The highest BCUT2D eigenvalue weighted by atomic mass is 16.2. The van der Waals surface area contributed by atoms with E-state index in [-0.39, 0.29) is 23.6 Å². The number of carbonyl (C=O) groups is 4. The summed E-state index contributed by atoms with van der Waals surface area (Å²) in [6.07, 6.45) is 5.94. The van der Waals surface area contributed by atoms with Gasteiger partial charge in [-0.05, 0) is 147 Å². The molecule has 316 valence electrons. The Balaban J connectivity index is 0.000000158. The minimum absolute atomic E-state index is 0.0581.